The third kappa shape index (κ3) is 4.65. The summed E-state index contributed by atoms with van der Waals surface area (Å²) in [6.45, 7) is 4.08. The number of methoxy groups -OCH3 is 1. The lowest BCUT2D eigenvalue weighted by Crippen LogP contribution is -2.12. The molecule has 0 bridgehead atoms. The highest BCUT2D eigenvalue weighted by molar-refractivity contribution is 6.12. The molecule has 0 saturated carbocycles. The maximum atomic E-state index is 12.1. The number of hydrogen-bond donors (Lipinski definition) is 0. The zero-order chi connectivity index (χ0) is 20.1. The van der Waals surface area contributed by atoms with Crippen LogP contribution in [-0.4, -0.2) is 31.6 Å². The first-order valence-corrected chi connectivity index (χ1v) is 8.89. The largest absolute Gasteiger partial charge is 0.482 e. The number of ether oxygens (including phenoxy) is 3. The van der Waals surface area contributed by atoms with Crippen molar-refractivity contribution >= 4 is 23.9 Å². The summed E-state index contributed by atoms with van der Waals surface area (Å²) in [5, 5.41) is 0. The number of rotatable bonds is 6. The van der Waals surface area contributed by atoms with Crippen molar-refractivity contribution in [3.8, 4) is 5.75 Å². The van der Waals surface area contributed by atoms with Crippen LogP contribution in [0.15, 0.2) is 59.2 Å². The molecule has 3 rings (SSSR count). The summed E-state index contributed by atoms with van der Waals surface area (Å²) in [4.78, 5) is 27.5. The summed E-state index contributed by atoms with van der Waals surface area (Å²) in [5.74, 6) is 0.301. The lowest BCUT2D eigenvalue weighted by atomic mass is 10.0. The Morgan fingerprint density at radius 2 is 1.79 bits per heavy atom. The molecule has 1 aliphatic heterocycles. The standard InChI is InChI=1S/C22H21NO5/c1-14(2)16-6-8-17(9-7-16)21-23-19(22(25)28-21)12-15-4-10-18(11-5-15)27-13-20(24)26-3/h4-12,14H,13H2,1-3H3/b19-12-. The minimum atomic E-state index is -0.492. The molecule has 0 aliphatic carbocycles. The average Bonchev–Trinajstić information content (AvgIpc) is 3.07. The number of aliphatic imine (C=N–C) groups is 1. The van der Waals surface area contributed by atoms with Gasteiger partial charge >= 0.3 is 11.9 Å². The second kappa shape index (κ2) is 8.52. The molecule has 1 heterocycles. The van der Waals surface area contributed by atoms with Crippen molar-refractivity contribution in [2.24, 2.45) is 4.99 Å². The van der Waals surface area contributed by atoms with Crippen molar-refractivity contribution in [2.75, 3.05) is 13.7 Å². The van der Waals surface area contributed by atoms with Crippen LogP contribution in [0.25, 0.3) is 6.08 Å². The molecule has 0 fully saturated rings. The Bertz CT molecular complexity index is 924. The molecule has 0 radical (unpaired) electrons. The first-order valence-electron chi connectivity index (χ1n) is 8.89. The van der Waals surface area contributed by atoms with Gasteiger partial charge in [-0.2, -0.15) is 0 Å². The van der Waals surface area contributed by atoms with Gasteiger partial charge in [-0.1, -0.05) is 38.1 Å². The van der Waals surface area contributed by atoms with E-state index < -0.39 is 11.9 Å². The molecule has 28 heavy (non-hydrogen) atoms. The molecule has 0 saturated heterocycles. The van der Waals surface area contributed by atoms with Gasteiger partial charge in [0, 0.05) is 5.56 Å². The second-order valence-corrected chi connectivity index (χ2v) is 6.55. The number of benzene rings is 2. The van der Waals surface area contributed by atoms with E-state index in [0.717, 1.165) is 11.1 Å². The number of nitrogens with zero attached hydrogens (tertiary/aromatic N) is 1. The normalized spacial score (nSPS) is 14.8. The minimum Gasteiger partial charge on any atom is -0.482 e. The Balaban J connectivity index is 1.73. The first kappa shape index (κ1) is 19.4. The van der Waals surface area contributed by atoms with E-state index in [9.17, 15) is 9.59 Å². The van der Waals surface area contributed by atoms with Crippen molar-refractivity contribution in [1.82, 2.24) is 0 Å². The predicted molar refractivity (Wildman–Crippen MR) is 105 cm³/mol. The van der Waals surface area contributed by atoms with Gasteiger partial charge in [0.25, 0.3) is 0 Å². The van der Waals surface area contributed by atoms with E-state index in [1.54, 1.807) is 30.3 Å². The first-order chi connectivity index (χ1) is 13.5. The molecule has 0 aromatic heterocycles. The molecule has 6 nitrogen and oxygen atoms in total. The number of esters is 2. The summed E-state index contributed by atoms with van der Waals surface area (Å²) in [6, 6.07) is 14.7. The van der Waals surface area contributed by atoms with E-state index in [1.807, 2.05) is 24.3 Å². The van der Waals surface area contributed by atoms with Crippen molar-refractivity contribution in [3.05, 3.63) is 70.9 Å². The van der Waals surface area contributed by atoms with Crippen LogP contribution in [0.1, 0.15) is 36.5 Å². The maximum absolute atomic E-state index is 12.1. The number of cyclic esters (lactones) is 1. The van der Waals surface area contributed by atoms with Crippen LogP contribution >= 0.6 is 0 Å². The molecule has 0 unspecified atom stereocenters. The van der Waals surface area contributed by atoms with Gasteiger partial charge in [0.15, 0.2) is 12.3 Å². The highest BCUT2D eigenvalue weighted by atomic mass is 16.6. The Kier molecular flexibility index (Phi) is 5.89. The Hall–Kier alpha value is -3.41. The third-order valence-corrected chi connectivity index (χ3v) is 4.21. The SMILES string of the molecule is COC(=O)COc1ccc(/C=C2\N=C(c3ccc(C(C)C)cc3)OC2=O)cc1. The van der Waals surface area contributed by atoms with Gasteiger partial charge in [0.2, 0.25) is 5.90 Å². The number of carbonyl (C=O) groups excluding carboxylic acids is 2. The third-order valence-electron chi connectivity index (χ3n) is 4.21. The van der Waals surface area contributed by atoms with Crippen LogP contribution in [0.4, 0.5) is 0 Å². The monoisotopic (exact) mass is 379 g/mol. The van der Waals surface area contributed by atoms with E-state index in [0.29, 0.717) is 17.6 Å². The van der Waals surface area contributed by atoms with E-state index in [2.05, 4.69) is 23.6 Å². The van der Waals surface area contributed by atoms with Crippen molar-refractivity contribution in [3.63, 3.8) is 0 Å². The van der Waals surface area contributed by atoms with Gasteiger partial charge in [-0.15, -0.1) is 0 Å². The number of hydrogen-bond acceptors (Lipinski definition) is 6. The molecule has 6 heteroatoms. The van der Waals surface area contributed by atoms with Crippen molar-refractivity contribution in [1.29, 1.82) is 0 Å². The van der Waals surface area contributed by atoms with E-state index >= 15 is 0 Å². The minimum absolute atomic E-state index is 0.160. The lowest BCUT2D eigenvalue weighted by Gasteiger charge is -2.05. The summed E-state index contributed by atoms with van der Waals surface area (Å²) in [7, 11) is 1.30. The zero-order valence-corrected chi connectivity index (χ0v) is 16.0. The Morgan fingerprint density at radius 3 is 2.39 bits per heavy atom. The fraction of sp³-hybridized carbons (Fsp3) is 0.227. The van der Waals surface area contributed by atoms with Gasteiger partial charge in [0.1, 0.15) is 5.75 Å². The fourth-order valence-corrected chi connectivity index (χ4v) is 2.56. The highest BCUT2D eigenvalue weighted by Crippen LogP contribution is 2.22. The molecule has 144 valence electrons. The van der Waals surface area contributed by atoms with Gasteiger partial charge in [-0.25, -0.2) is 14.6 Å². The molecule has 2 aromatic rings. The molecule has 0 atom stereocenters. The number of carbonyl (C=O) groups is 2. The topological polar surface area (TPSA) is 74.2 Å². The van der Waals surface area contributed by atoms with E-state index in [1.165, 1.54) is 12.7 Å². The molecule has 2 aromatic carbocycles. The van der Waals surface area contributed by atoms with Crippen LogP contribution in [-0.2, 0) is 19.1 Å². The van der Waals surface area contributed by atoms with Crippen molar-refractivity contribution < 1.29 is 23.8 Å². The van der Waals surface area contributed by atoms with Gasteiger partial charge in [-0.3, -0.25) is 0 Å². The van der Waals surface area contributed by atoms with Gasteiger partial charge in [0.05, 0.1) is 7.11 Å². The van der Waals surface area contributed by atoms with E-state index in [4.69, 9.17) is 9.47 Å². The van der Waals surface area contributed by atoms with Crippen molar-refractivity contribution in [2.45, 2.75) is 19.8 Å². The van der Waals surface area contributed by atoms with Crippen LogP contribution < -0.4 is 4.74 Å². The Labute approximate surface area is 163 Å². The zero-order valence-electron chi connectivity index (χ0n) is 16.0. The van der Waals surface area contributed by atoms with E-state index in [-0.39, 0.29) is 12.3 Å². The summed E-state index contributed by atoms with van der Waals surface area (Å²) in [5.41, 5.74) is 2.95. The van der Waals surface area contributed by atoms with Gasteiger partial charge in [-0.05, 0) is 47.4 Å². The van der Waals surface area contributed by atoms with Crippen LogP contribution in [0, 0.1) is 0 Å². The van der Waals surface area contributed by atoms with Crippen LogP contribution in [0.2, 0.25) is 0 Å². The fourth-order valence-electron chi connectivity index (χ4n) is 2.56. The Morgan fingerprint density at radius 1 is 1.11 bits per heavy atom. The summed E-state index contributed by atoms with van der Waals surface area (Å²) < 4.78 is 15.1. The second-order valence-electron chi connectivity index (χ2n) is 6.55. The predicted octanol–water partition coefficient (Wildman–Crippen LogP) is 3.71. The maximum Gasteiger partial charge on any atom is 0.363 e. The van der Waals surface area contributed by atoms with Crippen LogP contribution in [0.5, 0.6) is 5.75 Å². The molecular weight excluding hydrogens is 358 g/mol. The van der Waals surface area contributed by atoms with Gasteiger partial charge < -0.3 is 14.2 Å². The summed E-state index contributed by atoms with van der Waals surface area (Å²) >= 11 is 0. The summed E-state index contributed by atoms with van der Waals surface area (Å²) in [6.07, 6.45) is 1.64. The van der Waals surface area contributed by atoms with Crippen LogP contribution in [0.3, 0.4) is 0 Å². The molecule has 0 spiro atoms. The lowest BCUT2D eigenvalue weighted by molar-refractivity contribution is -0.143. The average molecular weight is 379 g/mol. The molecule has 1 aliphatic rings. The molecule has 0 N–H and O–H groups in total. The smallest absolute Gasteiger partial charge is 0.363 e. The highest BCUT2D eigenvalue weighted by Gasteiger charge is 2.24. The molecule has 0 amide bonds. The quantitative estimate of drug-likeness (QED) is 0.565. The molecular formula is C22H21NO5.